The van der Waals surface area contributed by atoms with E-state index in [4.69, 9.17) is 16.3 Å². The first-order chi connectivity index (χ1) is 13.6. The zero-order chi connectivity index (χ0) is 21.7. The number of esters is 2. The van der Waals surface area contributed by atoms with E-state index in [0.29, 0.717) is 10.7 Å². The van der Waals surface area contributed by atoms with Gasteiger partial charge in [0.15, 0.2) is 6.10 Å². The fraction of sp³-hybridized carbons (Fsp3) is 0.211. The molecule has 2 rings (SSSR count). The summed E-state index contributed by atoms with van der Waals surface area (Å²) in [5, 5.41) is 14.1. The van der Waals surface area contributed by atoms with E-state index >= 15 is 0 Å². The second-order valence-electron chi connectivity index (χ2n) is 6.01. The van der Waals surface area contributed by atoms with Gasteiger partial charge in [-0.3, -0.25) is 14.9 Å². The van der Waals surface area contributed by atoms with Crippen LogP contribution in [-0.2, 0) is 14.3 Å². The molecule has 0 radical (unpaired) electrons. The average molecular weight is 421 g/mol. The number of nitro benzene ring substituents is 1. The van der Waals surface area contributed by atoms with Crippen molar-refractivity contribution in [2.45, 2.75) is 20.0 Å². The topological polar surface area (TPSA) is 125 Å². The van der Waals surface area contributed by atoms with Crippen molar-refractivity contribution in [2.24, 2.45) is 0 Å². The number of nitrogens with zero attached hydrogens (tertiary/aromatic N) is 1. The number of hydrogen-bond donors (Lipinski definition) is 1. The number of amides is 1. The molecule has 9 nitrogen and oxygen atoms in total. The number of anilines is 1. The Kier molecular flexibility index (Phi) is 6.89. The Morgan fingerprint density at radius 1 is 1.10 bits per heavy atom. The Hall–Kier alpha value is -3.46. The number of rotatable bonds is 6. The second kappa shape index (κ2) is 9.16. The van der Waals surface area contributed by atoms with E-state index in [9.17, 15) is 24.5 Å². The fourth-order valence-corrected chi connectivity index (χ4v) is 2.49. The van der Waals surface area contributed by atoms with Gasteiger partial charge >= 0.3 is 11.9 Å². The highest BCUT2D eigenvalue weighted by atomic mass is 35.5. The maximum atomic E-state index is 12.4. The van der Waals surface area contributed by atoms with Crippen LogP contribution in [0.15, 0.2) is 36.4 Å². The van der Waals surface area contributed by atoms with Gasteiger partial charge in [-0.15, -0.1) is 0 Å². The molecule has 2 aromatic carbocycles. The number of ether oxygens (including phenoxy) is 2. The Morgan fingerprint density at radius 3 is 2.31 bits per heavy atom. The number of nitrogens with one attached hydrogen (secondary N) is 1. The van der Waals surface area contributed by atoms with Crippen molar-refractivity contribution in [3.8, 4) is 0 Å². The summed E-state index contributed by atoms with van der Waals surface area (Å²) in [6, 6.07) is 7.93. The first-order valence-electron chi connectivity index (χ1n) is 8.28. The molecule has 1 atom stereocenters. The maximum Gasteiger partial charge on any atom is 0.339 e. The van der Waals surface area contributed by atoms with Crippen LogP contribution >= 0.6 is 11.6 Å². The number of carbonyl (C=O) groups excluding carboxylic acids is 3. The molecule has 152 valence electrons. The van der Waals surface area contributed by atoms with Gasteiger partial charge in [0, 0.05) is 22.8 Å². The van der Waals surface area contributed by atoms with Crippen molar-refractivity contribution >= 4 is 40.8 Å². The summed E-state index contributed by atoms with van der Waals surface area (Å²) >= 11 is 5.91. The molecule has 0 fully saturated rings. The number of aryl methyl sites for hydroxylation is 1. The zero-order valence-corrected chi connectivity index (χ0v) is 16.5. The molecule has 1 amide bonds. The molecule has 0 aliphatic heterocycles. The minimum Gasteiger partial charge on any atom is -0.465 e. The number of carbonyl (C=O) groups is 3. The molecule has 0 saturated carbocycles. The molecular weight excluding hydrogens is 404 g/mol. The molecule has 1 N–H and O–H groups in total. The van der Waals surface area contributed by atoms with E-state index < -0.39 is 34.6 Å². The average Bonchev–Trinajstić information content (AvgIpc) is 2.69. The molecule has 0 aromatic heterocycles. The van der Waals surface area contributed by atoms with E-state index in [1.807, 2.05) is 0 Å². The van der Waals surface area contributed by atoms with E-state index in [1.54, 1.807) is 25.1 Å². The first-order valence-corrected chi connectivity index (χ1v) is 8.66. The van der Waals surface area contributed by atoms with Gasteiger partial charge in [0.2, 0.25) is 0 Å². The minimum absolute atomic E-state index is 0.194. The third-order valence-electron chi connectivity index (χ3n) is 3.90. The van der Waals surface area contributed by atoms with Gasteiger partial charge in [0.05, 0.1) is 23.2 Å². The fourth-order valence-electron chi connectivity index (χ4n) is 2.32. The van der Waals surface area contributed by atoms with Crippen LogP contribution in [-0.4, -0.2) is 36.0 Å². The van der Waals surface area contributed by atoms with Crippen LogP contribution in [0.3, 0.4) is 0 Å². The lowest BCUT2D eigenvalue weighted by Crippen LogP contribution is -2.30. The molecule has 1 unspecified atom stereocenters. The smallest absolute Gasteiger partial charge is 0.339 e. The van der Waals surface area contributed by atoms with E-state index in [2.05, 4.69) is 10.1 Å². The van der Waals surface area contributed by atoms with Gasteiger partial charge < -0.3 is 14.8 Å². The lowest BCUT2D eigenvalue weighted by Gasteiger charge is -2.15. The molecule has 0 aliphatic rings. The first kappa shape index (κ1) is 21.8. The zero-order valence-electron chi connectivity index (χ0n) is 15.7. The van der Waals surface area contributed by atoms with Gasteiger partial charge in [-0.05, 0) is 37.6 Å². The van der Waals surface area contributed by atoms with Crippen molar-refractivity contribution in [2.75, 3.05) is 12.4 Å². The Balaban J connectivity index is 2.19. The molecule has 10 heteroatoms. The third-order valence-corrected chi connectivity index (χ3v) is 4.13. The van der Waals surface area contributed by atoms with Crippen LogP contribution in [0.2, 0.25) is 5.02 Å². The summed E-state index contributed by atoms with van der Waals surface area (Å²) in [5.41, 5.74) is 0.251. The highest BCUT2D eigenvalue weighted by molar-refractivity contribution is 6.31. The number of nitro groups is 1. The Labute approximate surface area is 170 Å². The van der Waals surface area contributed by atoms with Crippen molar-refractivity contribution in [1.82, 2.24) is 0 Å². The van der Waals surface area contributed by atoms with Gasteiger partial charge in [-0.2, -0.15) is 0 Å². The van der Waals surface area contributed by atoms with Crippen molar-refractivity contribution in [3.63, 3.8) is 0 Å². The second-order valence-corrected chi connectivity index (χ2v) is 6.45. The summed E-state index contributed by atoms with van der Waals surface area (Å²) in [5.74, 6) is -2.49. The molecule has 0 aliphatic carbocycles. The van der Waals surface area contributed by atoms with Crippen molar-refractivity contribution in [3.05, 3.63) is 68.2 Å². The lowest BCUT2D eigenvalue weighted by molar-refractivity contribution is -0.384. The summed E-state index contributed by atoms with van der Waals surface area (Å²) in [6.45, 7) is 3.10. The van der Waals surface area contributed by atoms with E-state index in [1.165, 1.54) is 6.92 Å². The molecule has 0 heterocycles. The van der Waals surface area contributed by atoms with Crippen LogP contribution < -0.4 is 5.32 Å². The quantitative estimate of drug-likeness (QED) is 0.430. The van der Waals surface area contributed by atoms with Crippen LogP contribution in [0.25, 0.3) is 0 Å². The van der Waals surface area contributed by atoms with E-state index in [-0.39, 0.29) is 11.1 Å². The molecule has 29 heavy (non-hydrogen) atoms. The van der Waals surface area contributed by atoms with Crippen molar-refractivity contribution < 1.29 is 28.8 Å². The molecular formula is C19H17ClN2O7. The van der Waals surface area contributed by atoms with Gasteiger partial charge in [-0.1, -0.05) is 17.7 Å². The normalized spacial score (nSPS) is 11.3. The van der Waals surface area contributed by atoms with Crippen LogP contribution in [0.4, 0.5) is 11.4 Å². The monoisotopic (exact) mass is 420 g/mol. The Morgan fingerprint density at radius 2 is 1.72 bits per heavy atom. The van der Waals surface area contributed by atoms with Gasteiger partial charge in [0.1, 0.15) is 0 Å². The molecule has 0 spiro atoms. The summed E-state index contributed by atoms with van der Waals surface area (Å²) in [4.78, 5) is 46.7. The summed E-state index contributed by atoms with van der Waals surface area (Å²) in [7, 11) is 1.10. The largest absolute Gasteiger partial charge is 0.465 e. The Bertz CT molecular complexity index is 991. The van der Waals surface area contributed by atoms with Crippen LogP contribution in [0.5, 0.6) is 0 Å². The van der Waals surface area contributed by atoms with Gasteiger partial charge in [0.25, 0.3) is 11.6 Å². The summed E-state index contributed by atoms with van der Waals surface area (Å²) in [6.07, 6.45) is -1.22. The summed E-state index contributed by atoms with van der Waals surface area (Å²) < 4.78 is 9.61. The minimum atomic E-state index is -1.22. The predicted molar refractivity (Wildman–Crippen MR) is 104 cm³/mol. The lowest BCUT2D eigenvalue weighted by atomic mass is 10.1. The standard InChI is InChI=1S/C19H17ClN2O7/c1-10-4-5-14(20)9-16(10)21-17(23)11(2)29-19(25)13-6-12(18(24)28-3)7-15(8-13)22(26)27/h4-9,11H,1-3H3,(H,21,23). The highest BCUT2D eigenvalue weighted by Crippen LogP contribution is 2.22. The third kappa shape index (κ3) is 5.52. The maximum absolute atomic E-state index is 12.4. The SMILES string of the molecule is COC(=O)c1cc(C(=O)OC(C)C(=O)Nc2cc(Cl)ccc2C)cc([N+](=O)[O-])c1. The van der Waals surface area contributed by atoms with Crippen LogP contribution in [0.1, 0.15) is 33.2 Å². The number of methoxy groups -OCH3 is 1. The number of benzene rings is 2. The number of hydrogen-bond acceptors (Lipinski definition) is 7. The van der Waals surface area contributed by atoms with E-state index in [0.717, 1.165) is 30.9 Å². The molecule has 0 bridgehead atoms. The highest BCUT2D eigenvalue weighted by Gasteiger charge is 2.23. The molecule has 0 saturated heterocycles. The number of non-ortho nitro benzene ring substituents is 1. The van der Waals surface area contributed by atoms with Crippen molar-refractivity contribution in [1.29, 1.82) is 0 Å². The predicted octanol–water partition coefficient (Wildman–Crippen LogP) is 3.53. The van der Waals surface area contributed by atoms with Crippen LogP contribution in [0, 0.1) is 17.0 Å². The molecule has 2 aromatic rings. The van der Waals surface area contributed by atoms with Gasteiger partial charge in [-0.25, -0.2) is 9.59 Å². The number of halogens is 1.